The van der Waals surface area contributed by atoms with Gasteiger partial charge < -0.3 is 9.84 Å². The Kier molecular flexibility index (Phi) is 3.69. The van der Waals surface area contributed by atoms with E-state index < -0.39 is 0 Å². The van der Waals surface area contributed by atoms with Crippen molar-refractivity contribution < 1.29 is 14.6 Å². The van der Waals surface area contributed by atoms with Crippen molar-refractivity contribution in [1.29, 1.82) is 0 Å². The third-order valence-corrected chi connectivity index (χ3v) is 1.97. The van der Waals surface area contributed by atoms with E-state index in [9.17, 15) is 9.90 Å². The van der Waals surface area contributed by atoms with Crippen LogP contribution in [0.15, 0.2) is 0 Å². The fourth-order valence-corrected chi connectivity index (χ4v) is 1.44. The molecule has 1 atom stereocenters. The molecule has 1 aliphatic rings. The largest absolute Gasteiger partial charge is 0.462 e. The highest BCUT2D eigenvalue weighted by atomic mass is 16.5. The van der Waals surface area contributed by atoms with E-state index in [1.54, 1.807) is 0 Å². The summed E-state index contributed by atoms with van der Waals surface area (Å²) in [4.78, 5) is 13.1. The minimum atomic E-state index is -0.271. The molecule has 0 saturated carbocycles. The van der Waals surface area contributed by atoms with Crippen LogP contribution in [0.3, 0.4) is 0 Å². The van der Waals surface area contributed by atoms with Crippen LogP contribution in [0, 0.1) is 0 Å². The molecule has 0 bridgehead atoms. The Morgan fingerprint density at radius 3 is 2.85 bits per heavy atom. The normalized spacial score (nSPS) is 23.8. The van der Waals surface area contributed by atoms with Gasteiger partial charge in [0.2, 0.25) is 0 Å². The summed E-state index contributed by atoms with van der Waals surface area (Å²) in [7, 11) is 0. The molecule has 4 heteroatoms. The van der Waals surface area contributed by atoms with E-state index in [2.05, 4.69) is 0 Å². The number of ether oxygens (including phenoxy) is 1. The van der Waals surface area contributed by atoms with Gasteiger partial charge in [-0.05, 0) is 20.3 Å². The van der Waals surface area contributed by atoms with Crippen molar-refractivity contribution >= 4 is 5.97 Å². The Morgan fingerprint density at radius 2 is 2.38 bits per heavy atom. The third-order valence-electron chi connectivity index (χ3n) is 1.97. The lowest BCUT2D eigenvalue weighted by Crippen LogP contribution is -2.30. The molecule has 1 unspecified atom stereocenters. The first-order chi connectivity index (χ1) is 6.08. The Hall–Kier alpha value is -0.610. The summed E-state index contributed by atoms with van der Waals surface area (Å²) in [6.45, 7) is 5.34. The van der Waals surface area contributed by atoms with Gasteiger partial charge in [-0.3, -0.25) is 9.69 Å². The number of likely N-dealkylation sites (tertiary alicyclic amines) is 1. The Bertz CT molecular complexity index is 182. The average molecular weight is 187 g/mol. The SMILES string of the molecule is CC(C)OC(=O)CN1CCC(O)C1. The number of hydrogen-bond donors (Lipinski definition) is 1. The van der Waals surface area contributed by atoms with Crippen molar-refractivity contribution in [1.82, 2.24) is 4.90 Å². The van der Waals surface area contributed by atoms with Crippen LogP contribution in [-0.2, 0) is 9.53 Å². The fourth-order valence-electron chi connectivity index (χ4n) is 1.44. The van der Waals surface area contributed by atoms with E-state index in [0.29, 0.717) is 13.1 Å². The maximum atomic E-state index is 11.2. The molecule has 1 fully saturated rings. The van der Waals surface area contributed by atoms with Gasteiger partial charge in [0.15, 0.2) is 0 Å². The lowest BCUT2D eigenvalue weighted by Gasteiger charge is -2.15. The van der Waals surface area contributed by atoms with Gasteiger partial charge >= 0.3 is 5.97 Å². The fraction of sp³-hybridized carbons (Fsp3) is 0.889. The summed E-state index contributed by atoms with van der Waals surface area (Å²) in [5.41, 5.74) is 0. The summed E-state index contributed by atoms with van der Waals surface area (Å²) in [5.74, 6) is -0.205. The molecule has 1 saturated heterocycles. The van der Waals surface area contributed by atoms with Gasteiger partial charge in [0.25, 0.3) is 0 Å². The lowest BCUT2D eigenvalue weighted by molar-refractivity contribution is -0.148. The number of carbonyl (C=O) groups excluding carboxylic acids is 1. The molecule has 0 aromatic carbocycles. The zero-order valence-electron chi connectivity index (χ0n) is 8.19. The van der Waals surface area contributed by atoms with Gasteiger partial charge in [0.05, 0.1) is 18.8 Å². The highest BCUT2D eigenvalue weighted by Gasteiger charge is 2.22. The maximum Gasteiger partial charge on any atom is 0.320 e. The molecule has 1 N–H and O–H groups in total. The Balaban J connectivity index is 2.21. The first kappa shape index (κ1) is 10.5. The van der Waals surface area contributed by atoms with E-state index in [1.807, 2.05) is 18.7 Å². The second-order valence-electron chi connectivity index (χ2n) is 3.72. The molecule has 4 nitrogen and oxygen atoms in total. The van der Waals surface area contributed by atoms with Crippen molar-refractivity contribution in [2.45, 2.75) is 32.5 Å². The van der Waals surface area contributed by atoms with Crippen LogP contribution in [0.5, 0.6) is 0 Å². The van der Waals surface area contributed by atoms with Crippen molar-refractivity contribution in [2.75, 3.05) is 19.6 Å². The number of aliphatic hydroxyl groups is 1. The van der Waals surface area contributed by atoms with E-state index in [4.69, 9.17) is 4.74 Å². The number of hydrogen-bond acceptors (Lipinski definition) is 4. The second kappa shape index (κ2) is 4.58. The van der Waals surface area contributed by atoms with Crippen LogP contribution in [0.2, 0.25) is 0 Å². The topological polar surface area (TPSA) is 49.8 Å². The van der Waals surface area contributed by atoms with Crippen LogP contribution in [0.1, 0.15) is 20.3 Å². The number of carbonyl (C=O) groups is 1. The molecule has 0 amide bonds. The van der Waals surface area contributed by atoms with E-state index >= 15 is 0 Å². The van der Waals surface area contributed by atoms with Gasteiger partial charge in [-0.25, -0.2) is 0 Å². The summed E-state index contributed by atoms with van der Waals surface area (Å²) in [5, 5.41) is 9.20. The summed E-state index contributed by atoms with van der Waals surface area (Å²) in [6.07, 6.45) is 0.432. The molecule has 13 heavy (non-hydrogen) atoms. The van der Waals surface area contributed by atoms with Gasteiger partial charge in [-0.2, -0.15) is 0 Å². The van der Waals surface area contributed by atoms with Gasteiger partial charge in [-0.15, -0.1) is 0 Å². The van der Waals surface area contributed by atoms with Gasteiger partial charge in [-0.1, -0.05) is 0 Å². The average Bonchev–Trinajstić information content (AvgIpc) is 2.33. The monoisotopic (exact) mass is 187 g/mol. The summed E-state index contributed by atoms with van der Waals surface area (Å²) >= 11 is 0. The van der Waals surface area contributed by atoms with E-state index in [0.717, 1.165) is 13.0 Å². The van der Waals surface area contributed by atoms with Crippen LogP contribution >= 0.6 is 0 Å². The van der Waals surface area contributed by atoms with Crippen molar-refractivity contribution in [3.8, 4) is 0 Å². The molecule has 76 valence electrons. The second-order valence-corrected chi connectivity index (χ2v) is 3.72. The molecule has 0 aromatic heterocycles. The van der Waals surface area contributed by atoms with Gasteiger partial charge in [0.1, 0.15) is 0 Å². The van der Waals surface area contributed by atoms with Crippen molar-refractivity contribution in [2.24, 2.45) is 0 Å². The Morgan fingerprint density at radius 1 is 1.69 bits per heavy atom. The molecule has 0 spiro atoms. The molecular formula is C9H17NO3. The van der Waals surface area contributed by atoms with Crippen LogP contribution < -0.4 is 0 Å². The quantitative estimate of drug-likeness (QED) is 0.632. The number of β-amino-alcohol motifs (C(OH)–C–C–N with tert-alkyl or cyclic N) is 1. The highest BCUT2D eigenvalue weighted by Crippen LogP contribution is 2.08. The number of nitrogens with zero attached hydrogens (tertiary/aromatic N) is 1. The molecule has 0 aromatic rings. The lowest BCUT2D eigenvalue weighted by atomic mass is 10.3. The first-order valence-electron chi connectivity index (χ1n) is 4.68. The predicted molar refractivity (Wildman–Crippen MR) is 48.3 cm³/mol. The van der Waals surface area contributed by atoms with Crippen molar-refractivity contribution in [3.63, 3.8) is 0 Å². The Labute approximate surface area is 78.5 Å². The number of esters is 1. The molecule has 0 radical (unpaired) electrons. The number of aliphatic hydroxyl groups excluding tert-OH is 1. The smallest absolute Gasteiger partial charge is 0.320 e. The maximum absolute atomic E-state index is 11.2. The summed E-state index contributed by atoms with van der Waals surface area (Å²) < 4.78 is 4.99. The van der Waals surface area contributed by atoms with Crippen LogP contribution in [-0.4, -0.2) is 47.8 Å². The summed E-state index contributed by atoms with van der Waals surface area (Å²) in [6, 6.07) is 0. The van der Waals surface area contributed by atoms with E-state index in [-0.39, 0.29) is 18.2 Å². The zero-order chi connectivity index (χ0) is 9.84. The minimum absolute atomic E-state index is 0.0555. The minimum Gasteiger partial charge on any atom is -0.462 e. The molecule has 1 aliphatic heterocycles. The first-order valence-corrected chi connectivity index (χ1v) is 4.68. The third kappa shape index (κ3) is 3.74. The molecule has 0 aliphatic carbocycles. The standard InChI is InChI=1S/C9H17NO3/c1-7(2)13-9(12)6-10-4-3-8(11)5-10/h7-8,11H,3-6H2,1-2H3. The van der Waals surface area contributed by atoms with Gasteiger partial charge in [0, 0.05) is 13.1 Å². The predicted octanol–water partition coefficient (Wildman–Crippen LogP) is 0.00460. The zero-order valence-corrected chi connectivity index (χ0v) is 8.19. The highest BCUT2D eigenvalue weighted by molar-refractivity contribution is 5.71. The van der Waals surface area contributed by atoms with Crippen molar-refractivity contribution in [3.05, 3.63) is 0 Å². The molecule has 1 rings (SSSR count). The molecular weight excluding hydrogens is 170 g/mol. The van der Waals surface area contributed by atoms with Crippen LogP contribution in [0.25, 0.3) is 0 Å². The van der Waals surface area contributed by atoms with E-state index in [1.165, 1.54) is 0 Å². The molecule has 1 heterocycles. The number of rotatable bonds is 3. The van der Waals surface area contributed by atoms with Crippen LogP contribution in [0.4, 0.5) is 0 Å².